The van der Waals surface area contributed by atoms with E-state index in [4.69, 9.17) is 4.98 Å². The summed E-state index contributed by atoms with van der Waals surface area (Å²) in [7, 11) is 0. The van der Waals surface area contributed by atoms with Crippen LogP contribution in [0.25, 0.3) is 11.3 Å². The van der Waals surface area contributed by atoms with E-state index in [9.17, 15) is 4.79 Å². The van der Waals surface area contributed by atoms with E-state index in [0.717, 1.165) is 60.6 Å². The van der Waals surface area contributed by atoms with Crippen molar-refractivity contribution in [3.8, 4) is 11.3 Å². The summed E-state index contributed by atoms with van der Waals surface area (Å²) in [5, 5.41) is 5.96. The van der Waals surface area contributed by atoms with Gasteiger partial charge in [0.2, 0.25) is 0 Å². The van der Waals surface area contributed by atoms with Crippen LogP contribution in [0.4, 0.5) is 10.5 Å². The van der Waals surface area contributed by atoms with E-state index in [1.165, 1.54) is 11.3 Å². The lowest BCUT2D eigenvalue weighted by Gasteiger charge is -2.12. The molecule has 0 fully saturated rings. The molecule has 32 heavy (non-hydrogen) atoms. The monoisotopic (exact) mass is 450 g/mol. The van der Waals surface area contributed by atoms with Crippen LogP contribution in [0, 0.1) is 13.8 Å². The Hall–Kier alpha value is -2.73. The van der Waals surface area contributed by atoms with Gasteiger partial charge < -0.3 is 10.6 Å². The first-order valence-corrected chi connectivity index (χ1v) is 12.4. The summed E-state index contributed by atoms with van der Waals surface area (Å²) >= 11 is 1.80. The molecule has 3 rings (SSSR count). The van der Waals surface area contributed by atoms with Crippen molar-refractivity contribution >= 4 is 23.7 Å². The maximum atomic E-state index is 12.2. The third-order valence-corrected chi connectivity index (χ3v) is 6.67. The van der Waals surface area contributed by atoms with Gasteiger partial charge in [0.1, 0.15) is 5.82 Å². The van der Waals surface area contributed by atoms with Crippen molar-refractivity contribution in [1.29, 1.82) is 0 Å². The van der Waals surface area contributed by atoms with Crippen LogP contribution in [-0.2, 0) is 6.42 Å². The molecule has 0 unspecified atom stereocenters. The Morgan fingerprint density at radius 2 is 1.75 bits per heavy atom. The average molecular weight is 451 g/mol. The predicted molar refractivity (Wildman–Crippen MR) is 136 cm³/mol. The molecule has 2 amide bonds. The van der Waals surface area contributed by atoms with Crippen LogP contribution >= 0.6 is 11.9 Å². The van der Waals surface area contributed by atoms with Gasteiger partial charge in [-0.15, -0.1) is 0 Å². The highest BCUT2D eigenvalue weighted by atomic mass is 32.2. The number of imidazole rings is 1. The lowest BCUT2D eigenvalue weighted by atomic mass is 10.1. The molecule has 0 saturated carbocycles. The number of aryl methyl sites for hydroxylation is 2. The highest BCUT2D eigenvalue weighted by Crippen LogP contribution is 2.27. The van der Waals surface area contributed by atoms with Gasteiger partial charge in [-0.1, -0.05) is 68.3 Å². The number of aromatic nitrogens is 2. The maximum absolute atomic E-state index is 12.2. The third kappa shape index (κ3) is 6.63. The number of para-hydroxylation sites is 1. The number of unbranched alkanes of at least 4 members (excludes halogenated alkanes) is 2. The SMILES string of the molecule is CCCCCNC(=O)Nc1ccccc1CCCSn1c(C)nc(-c2ccccc2)c1C. The second kappa shape index (κ2) is 12.3. The molecule has 0 bridgehead atoms. The molecule has 0 radical (unpaired) electrons. The van der Waals surface area contributed by atoms with E-state index in [1.54, 1.807) is 11.9 Å². The number of hydrogen-bond donors (Lipinski definition) is 2. The van der Waals surface area contributed by atoms with Crippen LogP contribution in [0.2, 0.25) is 0 Å². The van der Waals surface area contributed by atoms with Crippen molar-refractivity contribution in [3.05, 3.63) is 71.7 Å². The fourth-order valence-electron chi connectivity index (χ4n) is 3.71. The van der Waals surface area contributed by atoms with Crippen LogP contribution in [-0.4, -0.2) is 27.3 Å². The number of carbonyl (C=O) groups is 1. The normalized spacial score (nSPS) is 10.8. The summed E-state index contributed by atoms with van der Waals surface area (Å²) < 4.78 is 2.23. The number of anilines is 1. The van der Waals surface area contributed by atoms with E-state index in [0.29, 0.717) is 6.54 Å². The van der Waals surface area contributed by atoms with Gasteiger partial charge in [-0.3, -0.25) is 3.97 Å². The lowest BCUT2D eigenvalue weighted by Crippen LogP contribution is -2.29. The summed E-state index contributed by atoms with van der Waals surface area (Å²) in [6, 6.07) is 18.3. The number of nitrogens with one attached hydrogen (secondary N) is 2. The van der Waals surface area contributed by atoms with Gasteiger partial charge in [0.05, 0.1) is 11.4 Å². The topological polar surface area (TPSA) is 59.0 Å². The standard InChI is InChI=1S/C26H34N4OS/c1-4-5-11-18-27-26(31)29-24-17-10-9-13-22(24)16-12-19-32-30-20(2)25(28-21(30)3)23-14-7-6-8-15-23/h6-10,13-15,17H,4-5,11-12,16,18-19H2,1-3H3,(H2,27,29,31). The quantitative estimate of drug-likeness (QED) is 0.323. The molecule has 2 N–H and O–H groups in total. The smallest absolute Gasteiger partial charge is 0.319 e. The fraction of sp³-hybridized carbons (Fsp3) is 0.385. The molecule has 0 aliphatic carbocycles. The van der Waals surface area contributed by atoms with E-state index >= 15 is 0 Å². The molecule has 1 aromatic heterocycles. The van der Waals surface area contributed by atoms with Crippen LogP contribution in [0.15, 0.2) is 54.6 Å². The number of rotatable bonds is 11. The fourth-order valence-corrected chi connectivity index (χ4v) is 4.67. The molecule has 1 heterocycles. The lowest BCUT2D eigenvalue weighted by molar-refractivity contribution is 0.252. The third-order valence-electron chi connectivity index (χ3n) is 5.40. The number of urea groups is 1. The number of amides is 2. The summed E-state index contributed by atoms with van der Waals surface area (Å²) in [5.41, 5.74) is 5.45. The zero-order valence-electron chi connectivity index (χ0n) is 19.4. The van der Waals surface area contributed by atoms with Crippen molar-refractivity contribution in [1.82, 2.24) is 14.3 Å². The van der Waals surface area contributed by atoms with Crippen LogP contribution in [0.3, 0.4) is 0 Å². The van der Waals surface area contributed by atoms with Crippen molar-refractivity contribution < 1.29 is 4.79 Å². The Kier molecular flexibility index (Phi) is 9.23. The summed E-state index contributed by atoms with van der Waals surface area (Å²) in [6.07, 6.45) is 5.23. The van der Waals surface area contributed by atoms with Crippen LogP contribution in [0.5, 0.6) is 0 Å². The van der Waals surface area contributed by atoms with E-state index < -0.39 is 0 Å². The number of carbonyl (C=O) groups excluding carboxylic acids is 1. The zero-order chi connectivity index (χ0) is 22.8. The van der Waals surface area contributed by atoms with Gasteiger partial charge in [-0.2, -0.15) is 0 Å². The van der Waals surface area contributed by atoms with Crippen LogP contribution < -0.4 is 10.6 Å². The van der Waals surface area contributed by atoms with E-state index in [-0.39, 0.29) is 6.03 Å². The Morgan fingerprint density at radius 1 is 1.00 bits per heavy atom. The molecular formula is C26H34N4OS. The molecule has 5 nitrogen and oxygen atoms in total. The summed E-state index contributed by atoms with van der Waals surface area (Å²) in [6.45, 7) is 7.07. The Bertz CT molecular complexity index is 1000. The molecule has 6 heteroatoms. The molecule has 0 atom stereocenters. The molecular weight excluding hydrogens is 416 g/mol. The predicted octanol–water partition coefficient (Wildman–Crippen LogP) is 6.61. The second-order valence-corrected chi connectivity index (χ2v) is 8.97. The molecule has 3 aromatic rings. The zero-order valence-corrected chi connectivity index (χ0v) is 20.2. The minimum absolute atomic E-state index is 0.124. The van der Waals surface area contributed by atoms with Crippen molar-refractivity contribution in [2.45, 2.75) is 52.9 Å². The van der Waals surface area contributed by atoms with E-state index in [2.05, 4.69) is 53.6 Å². The first kappa shape index (κ1) is 23.9. The Labute approximate surface area is 196 Å². The summed E-state index contributed by atoms with van der Waals surface area (Å²) in [5.74, 6) is 2.00. The molecule has 0 spiro atoms. The molecule has 0 aliphatic heterocycles. The minimum atomic E-state index is -0.124. The highest BCUT2D eigenvalue weighted by molar-refractivity contribution is 7.97. The van der Waals surface area contributed by atoms with Gasteiger partial charge in [0.15, 0.2) is 0 Å². The van der Waals surface area contributed by atoms with Gasteiger partial charge in [0, 0.05) is 23.5 Å². The van der Waals surface area contributed by atoms with Crippen molar-refractivity contribution in [3.63, 3.8) is 0 Å². The van der Waals surface area contributed by atoms with E-state index in [1.807, 2.05) is 36.4 Å². The summed E-state index contributed by atoms with van der Waals surface area (Å²) in [4.78, 5) is 17.0. The molecule has 2 aromatic carbocycles. The first-order chi connectivity index (χ1) is 15.6. The highest BCUT2D eigenvalue weighted by Gasteiger charge is 2.13. The average Bonchev–Trinajstić information content (AvgIpc) is 3.09. The first-order valence-electron chi connectivity index (χ1n) is 11.5. The van der Waals surface area contributed by atoms with Gasteiger partial charge in [-0.25, -0.2) is 9.78 Å². The van der Waals surface area contributed by atoms with Crippen LogP contribution in [0.1, 0.15) is 49.7 Å². The van der Waals surface area contributed by atoms with Gasteiger partial charge in [-0.05, 0) is 56.7 Å². The van der Waals surface area contributed by atoms with Gasteiger partial charge >= 0.3 is 6.03 Å². The van der Waals surface area contributed by atoms with Crippen molar-refractivity contribution in [2.24, 2.45) is 0 Å². The second-order valence-electron chi connectivity index (χ2n) is 7.94. The number of benzene rings is 2. The largest absolute Gasteiger partial charge is 0.338 e. The Morgan fingerprint density at radius 3 is 2.53 bits per heavy atom. The number of nitrogens with zero attached hydrogens (tertiary/aromatic N) is 2. The molecule has 0 aliphatic rings. The minimum Gasteiger partial charge on any atom is -0.338 e. The molecule has 170 valence electrons. The Balaban J connectivity index is 1.52. The number of hydrogen-bond acceptors (Lipinski definition) is 3. The maximum Gasteiger partial charge on any atom is 0.319 e. The molecule has 0 saturated heterocycles. The van der Waals surface area contributed by atoms with Crippen molar-refractivity contribution in [2.75, 3.05) is 17.6 Å². The van der Waals surface area contributed by atoms with Gasteiger partial charge in [0.25, 0.3) is 0 Å².